The van der Waals surface area contributed by atoms with Crippen LogP contribution in [0.5, 0.6) is 0 Å². The Morgan fingerprint density at radius 2 is 1.85 bits per heavy atom. The third-order valence-corrected chi connectivity index (χ3v) is 9.73. The van der Waals surface area contributed by atoms with Gasteiger partial charge in [-0.05, 0) is 68.6 Å². The molecule has 1 saturated heterocycles. The van der Waals surface area contributed by atoms with Crippen molar-refractivity contribution in [3.8, 4) is 0 Å². The highest BCUT2D eigenvalue weighted by atomic mass is 35.5. The quantitative estimate of drug-likeness (QED) is 0.435. The zero-order valence-corrected chi connectivity index (χ0v) is 23.4. The van der Waals surface area contributed by atoms with E-state index in [1.807, 2.05) is 0 Å². The fraction of sp³-hybridized carbons (Fsp3) is 0.440. The van der Waals surface area contributed by atoms with Crippen LogP contribution < -0.4 is 17.0 Å². The van der Waals surface area contributed by atoms with Gasteiger partial charge in [0.05, 0.1) is 38.2 Å². The lowest BCUT2D eigenvalue weighted by atomic mass is 10.0. The molecule has 0 radical (unpaired) electrons. The summed E-state index contributed by atoms with van der Waals surface area (Å²) >= 11 is 12.5. The number of sulfone groups is 1. The number of alkyl halides is 3. The Balaban J connectivity index is 1.90. The molecule has 1 atom stereocenters. The molecule has 1 aliphatic heterocycles. The number of hydrogen-bond donors (Lipinski definition) is 2. The Morgan fingerprint density at radius 3 is 2.46 bits per heavy atom. The molecule has 3 aromatic rings. The van der Waals surface area contributed by atoms with E-state index in [-0.39, 0.29) is 44.2 Å². The van der Waals surface area contributed by atoms with Gasteiger partial charge in [-0.25, -0.2) is 13.2 Å². The van der Waals surface area contributed by atoms with Gasteiger partial charge in [-0.15, -0.1) is 0 Å². The van der Waals surface area contributed by atoms with Crippen LogP contribution in [-0.4, -0.2) is 47.3 Å². The molecule has 39 heavy (non-hydrogen) atoms. The first-order valence-electron chi connectivity index (χ1n) is 12.2. The Hall–Kier alpha value is -2.38. The van der Waals surface area contributed by atoms with E-state index in [0.717, 1.165) is 6.42 Å². The van der Waals surface area contributed by atoms with Gasteiger partial charge in [-0.2, -0.15) is 13.2 Å². The number of rotatable bonds is 6. The fourth-order valence-electron chi connectivity index (χ4n) is 4.78. The van der Waals surface area contributed by atoms with Gasteiger partial charge in [0, 0.05) is 24.2 Å². The van der Waals surface area contributed by atoms with Gasteiger partial charge < -0.3 is 10.7 Å². The standard InChI is InChI=1S/C25H27Cl2F3N4O4S/c1-13(2)39(37,38)20-6-5-15(26)8-14(20)10-34-23(35)17-9-19(25(28,29)30)18(21(27)22(17)32-24(34)36)12-33-7-3-4-16(31)11-33/h5-6,8-9,13,16H,3-4,7,10-12,31H2,1-2H3,(H,32,36)/t16-/m1/s1. The number of halogens is 5. The van der Waals surface area contributed by atoms with Gasteiger partial charge in [-0.3, -0.25) is 14.3 Å². The van der Waals surface area contributed by atoms with Crippen molar-refractivity contribution in [2.75, 3.05) is 13.1 Å². The van der Waals surface area contributed by atoms with E-state index >= 15 is 0 Å². The van der Waals surface area contributed by atoms with Crippen molar-refractivity contribution in [1.29, 1.82) is 0 Å². The molecule has 8 nitrogen and oxygen atoms in total. The second-order valence-electron chi connectivity index (χ2n) is 9.94. The number of nitrogens with one attached hydrogen (secondary N) is 1. The van der Waals surface area contributed by atoms with E-state index in [1.54, 1.807) is 4.90 Å². The molecule has 0 amide bonds. The third-order valence-electron chi connectivity index (χ3n) is 6.83. The van der Waals surface area contributed by atoms with Crippen molar-refractivity contribution in [1.82, 2.24) is 14.5 Å². The Bertz CT molecular complexity index is 1650. The Morgan fingerprint density at radius 1 is 1.15 bits per heavy atom. The van der Waals surface area contributed by atoms with Crippen molar-refractivity contribution in [2.24, 2.45) is 5.73 Å². The molecule has 0 aliphatic carbocycles. The molecule has 0 spiro atoms. The summed E-state index contributed by atoms with van der Waals surface area (Å²) in [4.78, 5) is 30.5. The molecule has 212 valence electrons. The highest BCUT2D eigenvalue weighted by Gasteiger charge is 2.37. The molecule has 0 bridgehead atoms. The van der Waals surface area contributed by atoms with Crippen LogP contribution in [0, 0.1) is 0 Å². The number of nitrogens with zero attached hydrogens (tertiary/aromatic N) is 2. The number of benzene rings is 2. The summed E-state index contributed by atoms with van der Waals surface area (Å²) in [5.74, 6) is 0. The molecule has 4 rings (SSSR count). The molecule has 0 saturated carbocycles. The monoisotopic (exact) mass is 606 g/mol. The maximum Gasteiger partial charge on any atom is 0.416 e. The van der Waals surface area contributed by atoms with E-state index in [0.29, 0.717) is 30.1 Å². The molecular formula is C25H27Cl2F3N4O4S. The molecule has 14 heteroatoms. The van der Waals surface area contributed by atoms with Gasteiger partial charge in [0.2, 0.25) is 0 Å². The Labute approximate surface area is 232 Å². The summed E-state index contributed by atoms with van der Waals surface area (Å²) < 4.78 is 69.0. The highest BCUT2D eigenvalue weighted by Crippen LogP contribution is 2.39. The first kappa shape index (κ1) is 29.6. The van der Waals surface area contributed by atoms with Crippen molar-refractivity contribution in [2.45, 2.75) is 62.1 Å². The van der Waals surface area contributed by atoms with Gasteiger partial charge >= 0.3 is 11.9 Å². The first-order chi connectivity index (χ1) is 18.1. The average Bonchev–Trinajstić information content (AvgIpc) is 2.83. The SMILES string of the molecule is CC(C)S(=O)(=O)c1ccc(Cl)cc1Cn1c(=O)[nH]c2c(Cl)c(CN3CCC[C@@H](N)C3)c(C(F)(F)F)cc2c1=O. The molecular weight excluding hydrogens is 580 g/mol. The predicted molar refractivity (Wildman–Crippen MR) is 144 cm³/mol. The molecule has 1 aliphatic rings. The number of fused-ring (bicyclic) bond motifs is 1. The minimum atomic E-state index is -4.84. The second kappa shape index (κ2) is 10.9. The van der Waals surface area contributed by atoms with Crippen LogP contribution in [0.25, 0.3) is 10.9 Å². The van der Waals surface area contributed by atoms with Gasteiger partial charge in [0.25, 0.3) is 5.56 Å². The lowest BCUT2D eigenvalue weighted by Gasteiger charge is -2.31. The summed E-state index contributed by atoms with van der Waals surface area (Å²) in [5, 5.41) is -1.50. The van der Waals surface area contributed by atoms with Crippen molar-refractivity contribution < 1.29 is 21.6 Å². The van der Waals surface area contributed by atoms with E-state index in [9.17, 15) is 31.2 Å². The third kappa shape index (κ3) is 5.90. The van der Waals surface area contributed by atoms with E-state index in [1.165, 1.54) is 32.0 Å². The smallest absolute Gasteiger partial charge is 0.327 e. The topological polar surface area (TPSA) is 118 Å². The van der Waals surface area contributed by atoms with Crippen LogP contribution in [0.15, 0.2) is 38.8 Å². The van der Waals surface area contributed by atoms with E-state index in [2.05, 4.69) is 4.98 Å². The normalized spacial score (nSPS) is 17.3. The van der Waals surface area contributed by atoms with Crippen LogP contribution in [0.2, 0.25) is 10.0 Å². The summed E-state index contributed by atoms with van der Waals surface area (Å²) in [6, 6.07) is 4.42. The van der Waals surface area contributed by atoms with E-state index < -0.39 is 50.0 Å². The van der Waals surface area contributed by atoms with Crippen LogP contribution in [0.4, 0.5) is 13.2 Å². The summed E-state index contributed by atoms with van der Waals surface area (Å²) in [7, 11) is -3.84. The number of aromatic nitrogens is 2. The number of hydrogen-bond acceptors (Lipinski definition) is 6. The van der Waals surface area contributed by atoms with Gasteiger partial charge in [-0.1, -0.05) is 23.2 Å². The van der Waals surface area contributed by atoms with Crippen molar-refractivity contribution in [3.63, 3.8) is 0 Å². The maximum atomic E-state index is 14.2. The van der Waals surface area contributed by atoms with Crippen molar-refractivity contribution in [3.05, 3.63) is 71.8 Å². The summed E-state index contributed by atoms with van der Waals surface area (Å²) in [6.07, 6.45) is -3.37. The molecule has 1 aromatic heterocycles. The van der Waals surface area contributed by atoms with Gasteiger partial charge in [0.15, 0.2) is 9.84 Å². The summed E-state index contributed by atoms with van der Waals surface area (Å²) in [6.45, 7) is 3.14. The molecule has 2 heterocycles. The summed E-state index contributed by atoms with van der Waals surface area (Å²) in [5.41, 5.74) is 2.41. The van der Waals surface area contributed by atoms with Crippen LogP contribution in [0.1, 0.15) is 43.4 Å². The van der Waals surface area contributed by atoms with E-state index in [4.69, 9.17) is 28.9 Å². The highest BCUT2D eigenvalue weighted by molar-refractivity contribution is 7.92. The molecule has 2 aromatic carbocycles. The minimum Gasteiger partial charge on any atom is -0.327 e. The zero-order valence-electron chi connectivity index (χ0n) is 21.1. The Kier molecular flexibility index (Phi) is 8.26. The van der Waals surface area contributed by atoms with Gasteiger partial charge in [0.1, 0.15) is 0 Å². The average molecular weight is 607 g/mol. The molecule has 0 unspecified atom stereocenters. The lowest BCUT2D eigenvalue weighted by molar-refractivity contribution is -0.138. The zero-order chi connectivity index (χ0) is 28.9. The number of likely N-dealkylation sites (tertiary alicyclic amines) is 1. The fourth-order valence-corrected chi connectivity index (χ4v) is 6.54. The van der Waals surface area contributed by atoms with Crippen LogP contribution in [-0.2, 0) is 29.1 Å². The van der Waals surface area contributed by atoms with Crippen molar-refractivity contribution >= 4 is 43.9 Å². The van der Waals surface area contributed by atoms with Crippen LogP contribution >= 0.6 is 23.2 Å². The number of aromatic amines is 1. The number of piperidine rings is 1. The molecule has 3 N–H and O–H groups in total. The predicted octanol–water partition coefficient (Wildman–Crippen LogP) is 4.17. The molecule has 1 fully saturated rings. The lowest BCUT2D eigenvalue weighted by Crippen LogP contribution is -2.42. The first-order valence-corrected chi connectivity index (χ1v) is 14.5. The second-order valence-corrected chi connectivity index (χ2v) is 13.2. The number of nitrogens with two attached hydrogens (primary N) is 1. The maximum absolute atomic E-state index is 14.2. The minimum absolute atomic E-state index is 0.0448. The number of H-pyrrole nitrogens is 1. The van der Waals surface area contributed by atoms with Crippen LogP contribution in [0.3, 0.4) is 0 Å². The largest absolute Gasteiger partial charge is 0.416 e.